The minimum atomic E-state index is -0.361. The molecule has 0 aliphatic carbocycles. The van der Waals surface area contributed by atoms with E-state index in [4.69, 9.17) is 0 Å². The highest BCUT2D eigenvalue weighted by molar-refractivity contribution is 6.03. The number of hydrogen-bond donors (Lipinski definition) is 1. The lowest BCUT2D eigenvalue weighted by atomic mass is 10.0. The van der Waals surface area contributed by atoms with Crippen LogP contribution in [0.25, 0.3) is 28.1 Å². The van der Waals surface area contributed by atoms with E-state index in [2.05, 4.69) is 34.7 Å². The van der Waals surface area contributed by atoms with Gasteiger partial charge in [0.1, 0.15) is 5.82 Å². The summed E-state index contributed by atoms with van der Waals surface area (Å²) >= 11 is 0. The Kier molecular flexibility index (Phi) is 5.75. The largest absolute Gasteiger partial charge is 0.321 e. The van der Waals surface area contributed by atoms with Crippen LogP contribution in [0, 0.1) is 12.7 Å². The van der Waals surface area contributed by atoms with Crippen LogP contribution in [0.15, 0.2) is 109 Å². The van der Waals surface area contributed by atoms with Crippen LogP contribution in [0.1, 0.15) is 16.1 Å². The fourth-order valence-electron chi connectivity index (χ4n) is 3.77. The van der Waals surface area contributed by atoms with Crippen molar-refractivity contribution in [1.29, 1.82) is 0 Å². The molecule has 0 aliphatic heterocycles. The average molecular weight is 448 g/mol. The topological polar surface area (TPSA) is 46.9 Å². The zero-order chi connectivity index (χ0) is 23.5. The molecule has 166 valence electrons. The maximum absolute atomic E-state index is 13.2. The Morgan fingerprint density at radius 2 is 1.38 bits per heavy atom. The van der Waals surface area contributed by atoms with Crippen LogP contribution in [0.4, 0.5) is 10.1 Å². The molecule has 0 spiro atoms. The number of hydrogen-bond acceptors (Lipinski definition) is 2. The number of carbonyl (C=O) groups excluding carboxylic acids is 1. The summed E-state index contributed by atoms with van der Waals surface area (Å²) in [6.45, 7) is 2.03. The highest BCUT2D eigenvalue weighted by Gasteiger charge is 2.17. The van der Waals surface area contributed by atoms with E-state index >= 15 is 0 Å². The van der Waals surface area contributed by atoms with E-state index in [0.717, 1.165) is 33.6 Å². The summed E-state index contributed by atoms with van der Waals surface area (Å²) in [6.07, 6.45) is 0. The highest BCUT2D eigenvalue weighted by Crippen LogP contribution is 2.28. The van der Waals surface area contributed by atoms with E-state index in [1.165, 1.54) is 24.3 Å². The van der Waals surface area contributed by atoms with E-state index in [0.29, 0.717) is 5.69 Å². The molecule has 4 nitrogen and oxygen atoms in total. The lowest BCUT2D eigenvalue weighted by molar-refractivity contribution is 0.102. The van der Waals surface area contributed by atoms with Gasteiger partial charge in [-0.05, 0) is 60.5 Å². The molecule has 0 fully saturated rings. The third kappa shape index (κ3) is 4.50. The predicted molar refractivity (Wildman–Crippen MR) is 134 cm³/mol. The molecule has 5 aromatic rings. The van der Waals surface area contributed by atoms with E-state index in [1.807, 2.05) is 61.5 Å². The van der Waals surface area contributed by atoms with Crippen LogP contribution in [0.5, 0.6) is 0 Å². The monoisotopic (exact) mass is 447 g/mol. The van der Waals surface area contributed by atoms with Crippen LogP contribution in [-0.2, 0) is 0 Å². The first-order chi connectivity index (χ1) is 16.6. The summed E-state index contributed by atoms with van der Waals surface area (Å²) < 4.78 is 15.0. The van der Waals surface area contributed by atoms with Crippen LogP contribution < -0.4 is 5.32 Å². The van der Waals surface area contributed by atoms with Gasteiger partial charge in [-0.2, -0.15) is 5.10 Å². The van der Waals surface area contributed by atoms with Gasteiger partial charge in [-0.25, -0.2) is 9.07 Å². The fraction of sp³-hybridized carbons (Fsp3) is 0.0345. The van der Waals surface area contributed by atoms with Gasteiger partial charge in [0.15, 0.2) is 5.69 Å². The van der Waals surface area contributed by atoms with Crippen molar-refractivity contribution in [2.45, 2.75) is 6.92 Å². The summed E-state index contributed by atoms with van der Waals surface area (Å²) in [5.74, 6) is -0.720. The normalized spacial score (nSPS) is 10.8. The summed E-state index contributed by atoms with van der Waals surface area (Å²) in [4.78, 5) is 12.9. The smallest absolute Gasteiger partial charge is 0.276 e. The zero-order valence-electron chi connectivity index (χ0n) is 18.6. The minimum Gasteiger partial charge on any atom is -0.321 e. The predicted octanol–water partition coefficient (Wildman–Crippen LogP) is 6.91. The first kappa shape index (κ1) is 21.3. The first-order valence-corrected chi connectivity index (χ1v) is 11.0. The van der Waals surface area contributed by atoms with Crippen LogP contribution in [0.3, 0.4) is 0 Å². The second-order valence-corrected chi connectivity index (χ2v) is 8.07. The van der Waals surface area contributed by atoms with Gasteiger partial charge in [-0.3, -0.25) is 4.79 Å². The maximum Gasteiger partial charge on any atom is 0.276 e. The minimum absolute atomic E-state index is 0.270. The summed E-state index contributed by atoms with van der Waals surface area (Å²) in [7, 11) is 0. The van der Waals surface area contributed by atoms with E-state index in [9.17, 15) is 9.18 Å². The molecule has 0 radical (unpaired) electrons. The third-order valence-electron chi connectivity index (χ3n) is 5.61. The number of carbonyl (C=O) groups is 1. The van der Waals surface area contributed by atoms with E-state index in [-0.39, 0.29) is 17.4 Å². The van der Waals surface area contributed by atoms with E-state index < -0.39 is 0 Å². The Hall–Kier alpha value is -4.51. The molecule has 34 heavy (non-hydrogen) atoms. The van der Waals surface area contributed by atoms with Gasteiger partial charge in [0.2, 0.25) is 0 Å². The molecule has 0 bridgehead atoms. The number of rotatable bonds is 5. The second kappa shape index (κ2) is 9.16. The van der Waals surface area contributed by atoms with Gasteiger partial charge in [-0.15, -0.1) is 0 Å². The van der Waals surface area contributed by atoms with E-state index in [1.54, 1.807) is 10.7 Å². The molecule has 5 heteroatoms. The number of nitrogens with zero attached hydrogens (tertiary/aromatic N) is 2. The summed E-state index contributed by atoms with van der Waals surface area (Å²) in [5, 5.41) is 7.40. The van der Waals surface area contributed by atoms with Crippen molar-refractivity contribution in [3.8, 4) is 28.1 Å². The van der Waals surface area contributed by atoms with Crippen molar-refractivity contribution in [1.82, 2.24) is 9.78 Å². The molecule has 1 aromatic heterocycles. The number of aryl methyl sites for hydroxylation is 1. The quantitative estimate of drug-likeness (QED) is 0.318. The maximum atomic E-state index is 13.2. The standard InChI is InChI=1S/C29H22FN3O/c1-20-7-17-26(18-8-20)33-28(23-11-9-22(10-12-23)21-5-3-2-4-6-21)19-27(32-33)29(34)31-25-15-13-24(30)14-16-25/h2-19H,1H3,(H,31,34). The number of aromatic nitrogens is 2. The molecule has 1 heterocycles. The molecule has 4 aromatic carbocycles. The van der Waals surface area contributed by atoms with Crippen molar-refractivity contribution < 1.29 is 9.18 Å². The van der Waals surface area contributed by atoms with Crippen LogP contribution >= 0.6 is 0 Å². The highest BCUT2D eigenvalue weighted by atomic mass is 19.1. The van der Waals surface area contributed by atoms with Crippen molar-refractivity contribution in [3.63, 3.8) is 0 Å². The molecule has 0 saturated carbocycles. The van der Waals surface area contributed by atoms with Crippen LogP contribution in [-0.4, -0.2) is 15.7 Å². The molecule has 1 N–H and O–H groups in total. The number of benzene rings is 4. The average Bonchev–Trinajstić information content (AvgIpc) is 3.32. The number of halogens is 1. The second-order valence-electron chi connectivity index (χ2n) is 8.07. The van der Waals surface area contributed by atoms with Gasteiger partial charge < -0.3 is 5.32 Å². The van der Waals surface area contributed by atoms with Gasteiger partial charge in [0.25, 0.3) is 5.91 Å². The Balaban J connectivity index is 1.52. The van der Waals surface area contributed by atoms with Crippen molar-refractivity contribution in [2.75, 3.05) is 5.32 Å². The summed E-state index contributed by atoms with van der Waals surface area (Å²) in [5.41, 5.74) is 6.76. The van der Waals surface area contributed by atoms with Gasteiger partial charge in [0.05, 0.1) is 11.4 Å². The molecular weight excluding hydrogens is 425 g/mol. The van der Waals surface area contributed by atoms with Crippen LogP contribution in [0.2, 0.25) is 0 Å². The van der Waals surface area contributed by atoms with Crippen molar-refractivity contribution in [3.05, 3.63) is 126 Å². The molecule has 0 saturated heterocycles. The zero-order valence-corrected chi connectivity index (χ0v) is 18.6. The lowest BCUT2D eigenvalue weighted by Crippen LogP contribution is -2.13. The molecule has 0 atom stereocenters. The van der Waals surface area contributed by atoms with Gasteiger partial charge >= 0.3 is 0 Å². The fourth-order valence-corrected chi connectivity index (χ4v) is 3.77. The van der Waals surface area contributed by atoms with Gasteiger partial charge in [0, 0.05) is 11.3 Å². The lowest BCUT2D eigenvalue weighted by Gasteiger charge is -2.09. The molecular formula is C29H22FN3O. The van der Waals surface area contributed by atoms with Crippen molar-refractivity contribution >= 4 is 11.6 Å². The molecule has 5 rings (SSSR count). The third-order valence-corrected chi connectivity index (χ3v) is 5.61. The number of nitrogens with one attached hydrogen (secondary N) is 1. The molecule has 1 amide bonds. The number of amides is 1. The number of anilines is 1. The Morgan fingerprint density at radius 1 is 0.765 bits per heavy atom. The first-order valence-electron chi connectivity index (χ1n) is 11.0. The molecule has 0 aliphatic rings. The SMILES string of the molecule is Cc1ccc(-n2nc(C(=O)Nc3ccc(F)cc3)cc2-c2ccc(-c3ccccc3)cc2)cc1. The Morgan fingerprint density at radius 3 is 2.06 bits per heavy atom. The van der Waals surface area contributed by atoms with Crippen molar-refractivity contribution in [2.24, 2.45) is 0 Å². The Labute approximate surface area is 197 Å². The Bertz CT molecular complexity index is 1420. The van der Waals surface area contributed by atoms with Gasteiger partial charge in [-0.1, -0.05) is 72.3 Å². The summed E-state index contributed by atoms with van der Waals surface area (Å²) in [6, 6.07) is 33.8. The molecule has 0 unspecified atom stereocenters.